The Morgan fingerprint density at radius 2 is 0.900 bits per heavy atom. The van der Waals surface area contributed by atoms with Gasteiger partial charge in [0.05, 0.1) is 11.0 Å². The zero-order valence-electron chi connectivity index (χ0n) is 26.9. The standard InChI is InChI=1S/C45H28N4S/c1-4-12-29(13-5-1)31-20-22-33(23-21-31)44-46-43(32-16-8-3-9-17-32)47-45(48-44)49-38-26-24-34(30-14-6-2-7-15-30)28-37(38)41-39(49)27-25-36-35-18-10-11-19-40(35)50-42(36)41/h1-28H. The normalized spacial score (nSPS) is 11.6. The van der Waals surface area contributed by atoms with Crippen LogP contribution in [0.5, 0.6) is 0 Å². The van der Waals surface area contributed by atoms with Crippen LogP contribution in [-0.4, -0.2) is 19.5 Å². The Morgan fingerprint density at radius 3 is 1.60 bits per heavy atom. The molecule has 0 bridgehead atoms. The van der Waals surface area contributed by atoms with Crippen LogP contribution in [0.2, 0.25) is 0 Å². The molecule has 0 fully saturated rings. The molecule has 0 saturated heterocycles. The van der Waals surface area contributed by atoms with Gasteiger partial charge in [-0.05, 0) is 46.5 Å². The van der Waals surface area contributed by atoms with Gasteiger partial charge in [-0.3, -0.25) is 4.57 Å². The Hall–Kier alpha value is -6.43. The van der Waals surface area contributed by atoms with E-state index in [1.807, 2.05) is 35.6 Å². The summed E-state index contributed by atoms with van der Waals surface area (Å²) in [6.07, 6.45) is 0. The van der Waals surface area contributed by atoms with Crippen LogP contribution in [0.15, 0.2) is 170 Å². The quantitative estimate of drug-likeness (QED) is 0.185. The summed E-state index contributed by atoms with van der Waals surface area (Å²) < 4.78 is 4.77. The molecule has 0 unspecified atom stereocenters. The molecule has 0 spiro atoms. The fourth-order valence-electron chi connectivity index (χ4n) is 7.06. The largest absolute Gasteiger partial charge is 0.278 e. The first-order chi connectivity index (χ1) is 24.8. The van der Waals surface area contributed by atoms with Gasteiger partial charge in [-0.25, -0.2) is 4.98 Å². The highest BCUT2D eigenvalue weighted by molar-refractivity contribution is 7.26. The topological polar surface area (TPSA) is 43.6 Å². The van der Waals surface area contributed by atoms with Crippen molar-refractivity contribution >= 4 is 53.3 Å². The highest BCUT2D eigenvalue weighted by Gasteiger charge is 2.21. The van der Waals surface area contributed by atoms with Crippen molar-refractivity contribution in [1.29, 1.82) is 0 Å². The minimum atomic E-state index is 0.592. The van der Waals surface area contributed by atoms with Gasteiger partial charge in [0.1, 0.15) is 0 Å². The van der Waals surface area contributed by atoms with E-state index in [4.69, 9.17) is 15.0 Å². The van der Waals surface area contributed by atoms with Crippen LogP contribution in [-0.2, 0) is 0 Å². The summed E-state index contributed by atoms with van der Waals surface area (Å²) in [7, 11) is 0. The number of fused-ring (bicyclic) bond motifs is 7. The fourth-order valence-corrected chi connectivity index (χ4v) is 8.32. The first-order valence-corrected chi connectivity index (χ1v) is 17.5. The number of hydrogen-bond donors (Lipinski definition) is 0. The van der Waals surface area contributed by atoms with Gasteiger partial charge in [-0.1, -0.05) is 146 Å². The third-order valence-electron chi connectivity index (χ3n) is 9.49. The molecule has 10 aromatic rings. The van der Waals surface area contributed by atoms with E-state index in [1.165, 1.54) is 47.6 Å². The molecule has 5 heteroatoms. The lowest BCUT2D eigenvalue weighted by atomic mass is 10.0. The van der Waals surface area contributed by atoms with E-state index in [-0.39, 0.29) is 0 Å². The Labute approximate surface area is 292 Å². The van der Waals surface area contributed by atoms with E-state index in [2.05, 4.69) is 150 Å². The molecule has 7 aromatic carbocycles. The van der Waals surface area contributed by atoms with Crippen LogP contribution in [0.1, 0.15) is 0 Å². The minimum Gasteiger partial charge on any atom is -0.278 e. The summed E-state index contributed by atoms with van der Waals surface area (Å²) >= 11 is 1.85. The molecule has 0 aliphatic carbocycles. The Bertz CT molecular complexity index is 2840. The third-order valence-corrected chi connectivity index (χ3v) is 10.7. The van der Waals surface area contributed by atoms with E-state index in [0.29, 0.717) is 17.6 Å². The van der Waals surface area contributed by atoms with Gasteiger partial charge in [0, 0.05) is 42.1 Å². The van der Waals surface area contributed by atoms with Gasteiger partial charge < -0.3 is 0 Å². The Morgan fingerprint density at radius 1 is 0.380 bits per heavy atom. The summed E-state index contributed by atoms with van der Waals surface area (Å²) in [5.74, 6) is 1.86. The van der Waals surface area contributed by atoms with Crippen molar-refractivity contribution < 1.29 is 0 Å². The van der Waals surface area contributed by atoms with Crippen LogP contribution in [0.3, 0.4) is 0 Å². The number of thiophene rings is 1. The lowest BCUT2D eigenvalue weighted by molar-refractivity contribution is 0.954. The first-order valence-electron chi connectivity index (χ1n) is 16.7. The monoisotopic (exact) mass is 656 g/mol. The average molecular weight is 657 g/mol. The van der Waals surface area contributed by atoms with Crippen molar-refractivity contribution in [2.24, 2.45) is 0 Å². The summed E-state index contributed by atoms with van der Waals surface area (Å²) in [5, 5.41) is 4.94. The van der Waals surface area contributed by atoms with Crippen molar-refractivity contribution in [2.45, 2.75) is 0 Å². The molecule has 50 heavy (non-hydrogen) atoms. The predicted octanol–water partition coefficient (Wildman–Crippen LogP) is 12.0. The molecule has 0 saturated carbocycles. The SMILES string of the molecule is c1ccc(-c2ccc(-c3nc(-c4ccccc4)nc(-n4c5ccc(-c6ccccc6)cc5c5c6sc7ccccc7c6ccc54)n3)cc2)cc1. The zero-order valence-corrected chi connectivity index (χ0v) is 27.7. The van der Waals surface area contributed by atoms with Crippen molar-refractivity contribution in [3.63, 3.8) is 0 Å². The van der Waals surface area contributed by atoms with Gasteiger partial charge >= 0.3 is 0 Å². The average Bonchev–Trinajstić information content (AvgIpc) is 3.74. The molecule has 0 atom stereocenters. The molecule has 0 N–H and O–H groups in total. The molecule has 3 heterocycles. The molecule has 0 aliphatic heterocycles. The Balaban J connectivity index is 1.25. The number of rotatable bonds is 5. The van der Waals surface area contributed by atoms with Crippen LogP contribution < -0.4 is 0 Å². The third kappa shape index (κ3) is 4.71. The van der Waals surface area contributed by atoms with Crippen molar-refractivity contribution in [3.8, 4) is 51.0 Å². The second kappa shape index (κ2) is 11.6. The van der Waals surface area contributed by atoms with Crippen LogP contribution in [0.25, 0.3) is 93.0 Å². The number of benzene rings is 7. The maximum atomic E-state index is 5.22. The predicted molar refractivity (Wildman–Crippen MR) is 209 cm³/mol. The lowest BCUT2D eigenvalue weighted by Gasteiger charge is -2.11. The highest BCUT2D eigenvalue weighted by atomic mass is 32.1. The smallest absolute Gasteiger partial charge is 0.238 e. The summed E-state index contributed by atoms with van der Waals surface area (Å²) in [5.41, 5.74) is 8.69. The van der Waals surface area contributed by atoms with Gasteiger partial charge in [0.2, 0.25) is 5.95 Å². The summed E-state index contributed by atoms with van der Waals surface area (Å²) in [6, 6.07) is 59.6. The van der Waals surface area contributed by atoms with E-state index in [1.54, 1.807) is 0 Å². The molecule has 0 amide bonds. The van der Waals surface area contributed by atoms with E-state index in [9.17, 15) is 0 Å². The van der Waals surface area contributed by atoms with E-state index in [0.717, 1.165) is 27.7 Å². The maximum Gasteiger partial charge on any atom is 0.238 e. The molecule has 0 aliphatic rings. The molecule has 234 valence electrons. The van der Waals surface area contributed by atoms with Gasteiger partial charge in [0.25, 0.3) is 0 Å². The van der Waals surface area contributed by atoms with Gasteiger partial charge in [0.15, 0.2) is 11.6 Å². The second-order valence-electron chi connectivity index (χ2n) is 12.5. The van der Waals surface area contributed by atoms with Crippen LogP contribution in [0.4, 0.5) is 0 Å². The highest BCUT2D eigenvalue weighted by Crippen LogP contribution is 2.44. The number of aromatic nitrogens is 4. The van der Waals surface area contributed by atoms with Crippen molar-refractivity contribution in [2.75, 3.05) is 0 Å². The molecule has 10 rings (SSSR count). The minimum absolute atomic E-state index is 0.592. The molecule has 3 aromatic heterocycles. The van der Waals surface area contributed by atoms with Gasteiger partial charge in [-0.15, -0.1) is 11.3 Å². The second-order valence-corrected chi connectivity index (χ2v) is 13.5. The van der Waals surface area contributed by atoms with Gasteiger partial charge in [-0.2, -0.15) is 9.97 Å². The van der Waals surface area contributed by atoms with Crippen LogP contribution >= 0.6 is 11.3 Å². The van der Waals surface area contributed by atoms with Crippen LogP contribution in [0, 0.1) is 0 Å². The fraction of sp³-hybridized carbons (Fsp3) is 0. The van der Waals surface area contributed by atoms with Crippen molar-refractivity contribution in [1.82, 2.24) is 19.5 Å². The molecule has 4 nitrogen and oxygen atoms in total. The summed E-state index contributed by atoms with van der Waals surface area (Å²) in [6.45, 7) is 0. The van der Waals surface area contributed by atoms with E-state index >= 15 is 0 Å². The molecular weight excluding hydrogens is 629 g/mol. The number of nitrogens with zero attached hydrogens (tertiary/aromatic N) is 4. The Kier molecular flexibility index (Phi) is 6.64. The zero-order chi connectivity index (χ0) is 33.0. The van der Waals surface area contributed by atoms with Crippen molar-refractivity contribution in [3.05, 3.63) is 170 Å². The lowest BCUT2D eigenvalue weighted by Crippen LogP contribution is -2.06. The summed E-state index contributed by atoms with van der Waals surface area (Å²) in [4.78, 5) is 15.5. The van der Waals surface area contributed by atoms with E-state index < -0.39 is 0 Å². The number of hydrogen-bond acceptors (Lipinski definition) is 4. The maximum absolute atomic E-state index is 5.22. The molecule has 0 radical (unpaired) electrons. The molecular formula is C45H28N4S. The first kappa shape index (κ1) is 28.6.